The molecular formula is C16H20Cl2FN3O2. The molecule has 1 saturated heterocycles. The Kier molecular flexibility index (Phi) is 7.66. The first kappa shape index (κ1) is 20.4. The van der Waals surface area contributed by atoms with E-state index in [2.05, 4.69) is 4.98 Å². The van der Waals surface area contributed by atoms with Gasteiger partial charge < -0.3 is 15.1 Å². The predicted molar refractivity (Wildman–Crippen MR) is 93.9 cm³/mol. The topological polar surface area (TPSA) is 72.4 Å². The van der Waals surface area contributed by atoms with E-state index >= 15 is 0 Å². The zero-order valence-corrected chi connectivity index (χ0v) is 14.6. The molecule has 1 aliphatic rings. The third-order valence-electron chi connectivity index (χ3n) is 3.79. The lowest BCUT2D eigenvalue weighted by atomic mass is 10.1. The summed E-state index contributed by atoms with van der Waals surface area (Å²) in [4.78, 5) is 18.3. The average Bonchev–Trinajstić information content (AvgIpc) is 2.96. The van der Waals surface area contributed by atoms with Crippen LogP contribution in [0.5, 0.6) is 0 Å². The van der Waals surface area contributed by atoms with Gasteiger partial charge in [-0.05, 0) is 37.1 Å². The Hall–Kier alpha value is -1.63. The van der Waals surface area contributed by atoms with Gasteiger partial charge in [0.05, 0.1) is 12.1 Å². The van der Waals surface area contributed by atoms with Crippen molar-refractivity contribution in [3.8, 4) is 11.5 Å². The van der Waals surface area contributed by atoms with E-state index in [1.54, 1.807) is 17.0 Å². The fraction of sp³-hybridized carbons (Fsp3) is 0.375. The third-order valence-corrected chi connectivity index (χ3v) is 3.79. The molecule has 1 amide bonds. The lowest BCUT2D eigenvalue weighted by Crippen LogP contribution is -2.46. The van der Waals surface area contributed by atoms with Crippen LogP contribution < -0.4 is 5.73 Å². The van der Waals surface area contributed by atoms with Gasteiger partial charge in [0.15, 0.2) is 0 Å². The van der Waals surface area contributed by atoms with Crippen LogP contribution >= 0.6 is 24.8 Å². The zero-order chi connectivity index (χ0) is 15.5. The minimum absolute atomic E-state index is 0. The molecule has 3 rings (SSSR count). The molecule has 0 radical (unpaired) electrons. The molecule has 132 valence electrons. The van der Waals surface area contributed by atoms with Gasteiger partial charge >= 0.3 is 0 Å². The third kappa shape index (κ3) is 4.93. The highest BCUT2D eigenvalue weighted by Gasteiger charge is 2.22. The Labute approximate surface area is 152 Å². The van der Waals surface area contributed by atoms with E-state index in [0.717, 1.165) is 19.4 Å². The van der Waals surface area contributed by atoms with Crippen molar-refractivity contribution in [2.45, 2.75) is 25.3 Å². The van der Waals surface area contributed by atoms with Gasteiger partial charge in [0.25, 0.3) is 0 Å². The van der Waals surface area contributed by atoms with Gasteiger partial charge in [-0.2, -0.15) is 0 Å². The average molecular weight is 376 g/mol. The summed E-state index contributed by atoms with van der Waals surface area (Å²) in [6, 6.07) is 5.94. The Morgan fingerprint density at radius 1 is 1.33 bits per heavy atom. The molecule has 1 atom stereocenters. The molecule has 1 aliphatic heterocycles. The first-order chi connectivity index (χ1) is 10.6. The number of oxazole rings is 1. The highest BCUT2D eigenvalue weighted by atomic mass is 35.5. The van der Waals surface area contributed by atoms with Gasteiger partial charge in [0.2, 0.25) is 11.8 Å². The van der Waals surface area contributed by atoms with Crippen LogP contribution in [0, 0.1) is 5.82 Å². The van der Waals surface area contributed by atoms with E-state index in [0.29, 0.717) is 23.7 Å². The number of carbonyl (C=O) groups excluding carboxylic acids is 1. The maximum Gasteiger partial charge on any atom is 0.228 e. The monoisotopic (exact) mass is 375 g/mol. The van der Waals surface area contributed by atoms with Crippen LogP contribution in [0.15, 0.2) is 34.9 Å². The standard InChI is InChI=1S/C16H18FN3O2.2ClH/c17-12-5-3-11(4-6-12)16-19-14(10-22-16)8-15(21)20-7-1-2-13(18)9-20;;/h3-6,10,13H,1-2,7-9,18H2;2*1H. The molecule has 2 N–H and O–H groups in total. The number of nitrogens with zero attached hydrogens (tertiary/aromatic N) is 2. The van der Waals surface area contributed by atoms with Gasteiger partial charge in [-0.25, -0.2) is 9.37 Å². The summed E-state index contributed by atoms with van der Waals surface area (Å²) in [5.74, 6) is 0.0828. The highest BCUT2D eigenvalue weighted by molar-refractivity contribution is 5.85. The van der Waals surface area contributed by atoms with Gasteiger partial charge in [0.1, 0.15) is 12.1 Å². The van der Waals surface area contributed by atoms with Crippen molar-refractivity contribution in [1.29, 1.82) is 0 Å². The van der Waals surface area contributed by atoms with Crippen LogP contribution in [0.4, 0.5) is 4.39 Å². The Morgan fingerprint density at radius 2 is 2.04 bits per heavy atom. The summed E-state index contributed by atoms with van der Waals surface area (Å²) in [5, 5.41) is 0. The number of piperidine rings is 1. The van der Waals surface area contributed by atoms with Crippen LogP contribution in [0.2, 0.25) is 0 Å². The summed E-state index contributed by atoms with van der Waals surface area (Å²) in [6.07, 6.45) is 3.56. The Bertz CT molecular complexity index is 664. The van der Waals surface area contributed by atoms with Crippen molar-refractivity contribution >= 4 is 30.7 Å². The first-order valence-electron chi connectivity index (χ1n) is 7.35. The van der Waals surface area contributed by atoms with E-state index in [1.165, 1.54) is 18.4 Å². The molecule has 5 nitrogen and oxygen atoms in total. The summed E-state index contributed by atoms with van der Waals surface area (Å²) in [5.41, 5.74) is 7.14. The molecule has 0 saturated carbocycles. The molecular weight excluding hydrogens is 356 g/mol. The van der Waals surface area contributed by atoms with Crippen molar-refractivity contribution in [1.82, 2.24) is 9.88 Å². The number of likely N-dealkylation sites (tertiary alicyclic amines) is 1. The normalized spacial score (nSPS) is 16.9. The fourth-order valence-electron chi connectivity index (χ4n) is 2.62. The molecule has 2 heterocycles. The molecule has 1 fully saturated rings. The van der Waals surface area contributed by atoms with E-state index < -0.39 is 0 Å². The van der Waals surface area contributed by atoms with Crippen molar-refractivity contribution in [3.05, 3.63) is 42.0 Å². The van der Waals surface area contributed by atoms with Crippen molar-refractivity contribution in [2.24, 2.45) is 5.73 Å². The smallest absolute Gasteiger partial charge is 0.228 e. The second-order valence-corrected chi connectivity index (χ2v) is 5.57. The zero-order valence-electron chi connectivity index (χ0n) is 13.0. The minimum atomic E-state index is -0.313. The summed E-state index contributed by atoms with van der Waals surface area (Å²) < 4.78 is 18.3. The number of hydrogen-bond acceptors (Lipinski definition) is 4. The number of carbonyl (C=O) groups is 1. The first-order valence-corrected chi connectivity index (χ1v) is 7.35. The van der Waals surface area contributed by atoms with Gasteiger partial charge in [-0.15, -0.1) is 24.8 Å². The quantitative estimate of drug-likeness (QED) is 0.894. The molecule has 8 heteroatoms. The fourth-order valence-corrected chi connectivity index (χ4v) is 2.62. The van der Waals surface area contributed by atoms with Gasteiger partial charge in [-0.3, -0.25) is 4.79 Å². The number of amides is 1. The minimum Gasteiger partial charge on any atom is -0.444 e. The van der Waals surface area contributed by atoms with Crippen molar-refractivity contribution < 1.29 is 13.6 Å². The van der Waals surface area contributed by atoms with E-state index in [4.69, 9.17) is 10.2 Å². The predicted octanol–water partition coefficient (Wildman–Crippen LogP) is 2.82. The second-order valence-electron chi connectivity index (χ2n) is 5.57. The van der Waals surface area contributed by atoms with E-state index in [9.17, 15) is 9.18 Å². The van der Waals surface area contributed by atoms with Crippen molar-refractivity contribution in [3.63, 3.8) is 0 Å². The maximum atomic E-state index is 12.9. The Morgan fingerprint density at radius 3 is 2.71 bits per heavy atom. The Balaban J connectivity index is 0.00000144. The van der Waals surface area contributed by atoms with Crippen LogP contribution in [0.3, 0.4) is 0 Å². The molecule has 0 bridgehead atoms. The SMILES string of the molecule is Cl.Cl.NC1CCCN(C(=O)Cc2coc(-c3ccc(F)cc3)n2)C1. The molecule has 0 spiro atoms. The number of aromatic nitrogens is 1. The number of nitrogens with two attached hydrogens (primary N) is 1. The lowest BCUT2D eigenvalue weighted by Gasteiger charge is -2.30. The van der Waals surface area contributed by atoms with Gasteiger partial charge in [0, 0.05) is 24.7 Å². The number of hydrogen-bond donors (Lipinski definition) is 1. The molecule has 1 aromatic carbocycles. The second kappa shape index (κ2) is 9.01. The molecule has 0 aliphatic carbocycles. The van der Waals surface area contributed by atoms with Crippen molar-refractivity contribution in [2.75, 3.05) is 13.1 Å². The van der Waals surface area contributed by atoms with Crippen LogP contribution in [-0.4, -0.2) is 34.9 Å². The molecule has 1 unspecified atom stereocenters. The maximum absolute atomic E-state index is 12.9. The molecule has 24 heavy (non-hydrogen) atoms. The number of benzene rings is 1. The summed E-state index contributed by atoms with van der Waals surface area (Å²) in [7, 11) is 0. The molecule has 2 aromatic rings. The lowest BCUT2D eigenvalue weighted by molar-refractivity contribution is -0.131. The van der Waals surface area contributed by atoms with Crippen LogP contribution in [0.1, 0.15) is 18.5 Å². The van der Waals surface area contributed by atoms with Crippen LogP contribution in [0.25, 0.3) is 11.5 Å². The molecule has 1 aromatic heterocycles. The largest absolute Gasteiger partial charge is 0.444 e. The van der Waals surface area contributed by atoms with Crippen LogP contribution in [-0.2, 0) is 11.2 Å². The summed E-state index contributed by atoms with van der Waals surface area (Å²) >= 11 is 0. The van der Waals surface area contributed by atoms with E-state index in [-0.39, 0.29) is 49.0 Å². The van der Waals surface area contributed by atoms with Gasteiger partial charge in [-0.1, -0.05) is 0 Å². The number of rotatable bonds is 3. The van der Waals surface area contributed by atoms with E-state index in [1.807, 2.05) is 0 Å². The number of halogens is 3. The highest BCUT2D eigenvalue weighted by Crippen LogP contribution is 2.19. The summed E-state index contributed by atoms with van der Waals surface area (Å²) in [6.45, 7) is 1.34.